The van der Waals surface area contributed by atoms with Crippen LogP contribution in [0.25, 0.3) is 0 Å². The minimum absolute atomic E-state index is 0.123. The van der Waals surface area contributed by atoms with E-state index in [1.165, 1.54) is 7.11 Å². The molecule has 0 saturated heterocycles. The fourth-order valence-electron chi connectivity index (χ4n) is 1.18. The SMILES string of the molecule is COc1cc(F)c(Br)c(F)c1C(C)N. The monoisotopic (exact) mass is 265 g/mol. The number of methoxy groups -OCH3 is 1. The molecule has 5 heteroatoms. The molecule has 0 aliphatic heterocycles. The predicted octanol–water partition coefficient (Wildman–Crippen LogP) is 2.76. The van der Waals surface area contributed by atoms with Gasteiger partial charge in [-0.25, -0.2) is 8.78 Å². The van der Waals surface area contributed by atoms with Gasteiger partial charge in [0, 0.05) is 17.7 Å². The van der Waals surface area contributed by atoms with E-state index in [2.05, 4.69) is 15.9 Å². The molecule has 2 N–H and O–H groups in total. The lowest BCUT2D eigenvalue weighted by Crippen LogP contribution is -2.10. The number of hydrogen-bond acceptors (Lipinski definition) is 2. The molecule has 0 heterocycles. The van der Waals surface area contributed by atoms with Crippen molar-refractivity contribution in [3.05, 3.63) is 27.7 Å². The zero-order valence-electron chi connectivity index (χ0n) is 7.77. The molecule has 1 aromatic carbocycles. The van der Waals surface area contributed by atoms with E-state index in [1.807, 2.05) is 0 Å². The Bertz CT molecular complexity index is 355. The summed E-state index contributed by atoms with van der Waals surface area (Å²) in [7, 11) is 1.34. The van der Waals surface area contributed by atoms with Crippen molar-refractivity contribution < 1.29 is 13.5 Å². The van der Waals surface area contributed by atoms with Crippen molar-refractivity contribution in [2.45, 2.75) is 13.0 Å². The normalized spacial score (nSPS) is 12.7. The molecule has 14 heavy (non-hydrogen) atoms. The highest BCUT2D eigenvalue weighted by molar-refractivity contribution is 9.10. The van der Waals surface area contributed by atoms with Crippen molar-refractivity contribution in [2.75, 3.05) is 7.11 Å². The van der Waals surface area contributed by atoms with Crippen LogP contribution in [0.15, 0.2) is 10.5 Å². The van der Waals surface area contributed by atoms with Gasteiger partial charge in [-0.05, 0) is 22.9 Å². The Morgan fingerprint density at radius 3 is 2.50 bits per heavy atom. The van der Waals surface area contributed by atoms with Gasteiger partial charge in [-0.1, -0.05) is 0 Å². The van der Waals surface area contributed by atoms with Crippen LogP contribution < -0.4 is 10.5 Å². The second kappa shape index (κ2) is 4.23. The highest BCUT2D eigenvalue weighted by atomic mass is 79.9. The standard InChI is InChI=1S/C9H10BrF2NO/c1-4(13)7-6(14-2)3-5(11)8(10)9(7)12/h3-4H,13H2,1-2H3. The van der Waals surface area contributed by atoms with Crippen molar-refractivity contribution >= 4 is 15.9 Å². The maximum atomic E-state index is 13.5. The molecule has 2 nitrogen and oxygen atoms in total. The van der Waals surface area contributed by atoms with E-state index in [9.17, 15) is 8.78 Å². The van der Waals surface area contributed by atoms with Crippen LogP contribution in [0, 0.1) is 11.6 Å². The minimum atomic E-state index is -0.711. The van der Waals surface area contributed by atoms with Crippen LogP contribution in [0.2, 0.25) is 0 Å². The Labute approximate surface area is 89.2 Å². The Hall–Kier alpha value is -0.680. The Kier molecular flexibility index (Phi) is 3.44. The van der Waals surface area contributed by atoms with Gasteiger partial charge in [-0.2, -0.15) is 0 Å². The lowest BCUT2D eigenvalue weighted by molar-refractivity contribution is 0.394. The Morgan fingerprint density at radius 2 is 2.07 bits per heavy atom. The highest BCUT2D eigenvalue weighted by Gasteiger charge is 2.19. The largest absolute Gasteiger partial charge is 0.496 e. The third kappa shape index (κ3) is 1.88. The molecule has 1 rings (SSSR count). The van der Waals surface area contributed by atoms with Crippen LogP contribution in [0.4, 0.5) is 8.78 Å². The van der Waals surface area contributed by atoms with Gasteiger partial charge in [-0.3, -0.25) is 0 Å². The summed E-state index contributed by atoms with van der Waals surface area (Å²) in [6.45, 7) is 1.60. The van der Waals surface area contributed by atoms with Crippen molar-refractivity contribution in [3.8, 4) is 5.75 Å². The average Bonchev–Trinajstić information content (AvgIpc) is 2.12. The van der Waals surface area contributed by atoms with Crippen molar-refractivity contribution in [2.24, 2.45) is 5.73 Å². The molecule has 0 aliphatic rings. The molecule has 0 aliphatic carbocycles. The lowest BCUT2D eigenvalue weighted by atomic mass is 10.1. The summed E-state index contributed by atoms with van der Waals surface area (Å²) in [5.41, 5.74) is 5.71. The summed E-state index contributed by atoms with van der Waals surface area (Å²) in [6, 6.07) is 0.549. The van der Waals surface area contributed by atoms with Gasteiger partial charge in [0.2, 0.25) is 0 Å². The average molecular weight is 266 g/mol. The lowest BCUT2D eigenvalue weighted by Gasteiger charge is -2.14. The molecular weight excluding hydrogens is 256 g/mol. The van der Waals surface area contributed by atoms with Gasteiger partial charge < -0.3 is 10.5 Å². The van der Waals surface area contributed by atoms with Crippen LogP contribution in [-0.4, -0.2) is 7.11 Å². The van der Waals surface area contributed by atoms with E-state index in [0.29, 0.717) is 0 Å². The molecular formula is C9H10BrF2NO. The van der Waals surface area contributed by atoms with Gasteiger partial charge in [-0.15, -0.1) is 0 Å². The topological polar surface area (TPSA) is 35.2 Å². The number of hydrogen-bond donors (Lipinski definition) is 1. The summed E-state index contributed by atoms with van der Waals surface area (Å²) in [5, 5.41) is 0. The quantitative estimate of drug-likeness (QED) is 0.835. The molecule has 1 unspecified atom stereocenters. The zero-order chi connectivity index (χ0) is 10.9. The van der Waals surface area contributed by atoms with Crippen molar-refractivity contribution in [3.63, 3.8) is 0 Å². The van der Waals surface area contributed by atoms with E-state index < -0.39 is 17.7 Å². The number of halogens is 3. The maximum Gasteiger partial charge on any atom is 0.148 e. The molecule has 0 saturated carbocycles. The van der Waals surface area contributed by atoms with Crippen LogP contribution in [0.3, 0.4) is 0 Å². The fraction of sp³-hybridized carbons (Fsp3) is 0.333. The molecule has 0 radical (unpaired) electrons. The van der Waals surface area contributed by atoms with Crippen molar-refractivity contribution in [1.29, 1.82) is 0 Å². The summed E-state index contributed by atoms with van der Waals surface area (Å²) in [5.74, 6) is -1.29. The first-order valence-corrected chi connectivity index (χ1v) is 4.75. The van der Waals surface area contributed by atoms with Crippen LogP contribution in [0.5, 0.6) is 5.75 Å². The highest BCUT2D eigenvalue weighted by Crippen LogP contribution is 2.33. The van der Waals surface area contributed by atoms with E-state index in [1.54, 1.807) is 6.92 Å². The van der Waals surface area contributed by atoms with Gasteiger partial charge in [0.15, 0.2) is 0 Å². The Morgan fingerprint density at radius 1 is 1.50 bits per heavy atom. The Balaban J connectivity index is 3.45. The van der Waals surface area contributed by atoms with Gasteiger partial charge in [0.25, 0.3) is 0 Å². The summed E-state index contributed by atoms with van der Waals surface area (Å²) in [6.07, 6.45) is 0. The molecule has 0 amide bonds. The number of nitrogens with two attached hydrogens (primary N) is 1. The molecule has 0 spiro atoms. The first-order chi connectivity index (χ1) is 6.49. The molecule has 78 valence electrons. The van der Waals surface area contributed by atoms with E-state index in [-0.39, 0.29) is 15.8 Å². The molecule has 1 atom stereocenters. The number of rotatable bonds is 2. The second-order valence-corrected chi connectivity index (χ2v) is 3.68. The first-order valence-electron chi connectivity index (χ1n) is 3.96. The first kappa shape index (κ1) is 11.4. The van der Waals surface area contributed by atoms with Gasteiger partial charge in [0.1, 0.15) is 17.4 Å². The second-order valence-electron chi connectivity index (χ2n) is 2.89. The minimum Gasteiger partial charge on any atom is -0.496 e. The van der Waals surface area contributed by atoms with Crippen molar-refractivity contribution in [1.82, 2.24) is 0 Å². The third-order valence-electron chi connectivity index (χ3n) is 1.84. The summed E-state index contributed by atoms with van der Waals surface area (Å²) < 4.78 is 31.2. The predicted molar refractivity (Wildman–Crippen MR) is 53.2 cm³/mol. The molecule has 0 aromatic heterocycles. The van der Waals surface area contributed by atoms with E-state index in [4.69, 9.17) is 10.5 Å². The van der Waals surface area contributed by atoms with Crippen LogP contribution in [-0.2, 0) is 0 Å². The number of benzene rings is 1. The van der Waals surface area contributed by atoms with Crippen LogP contribution >= 0.6 is 15.9 Å². The fourth-order valence-corrected chi connectivity index (χ4v) is 1.51. The maximum absolute atomic E-state index is 13.5. The van der Waals surface area contributed by atoms with Crippen LogP contribution in [0.1, 0.15) is 18.5 Å². The molecule has 0 bridgehead atoms. The molecule has 0 fully saturated rings. The molecule has 1 aromatic rings. The smallest absolute Gasteiger partial charge is 0.148 e. The van der Waals surface area contributed by atoms with Gasteiger partial charge >= 0.3 is 0 Å². The van der Waals surface area contributed by atoms with E-state index >= 15 is 0 Å². The summed E-state index contributed by atoms with van der Waals surface area (Å²) in [4.78, 5) is 0. The van der Waals surface area contributed by atoms with E-state index in [0.717, 1.165) is 6.07 Å². The zero-order valence-corrected chi connectivity index (χ0v) is 9.36. The summed E-state index contributed by atoms with van der Waals surface area (Å²) >= 11 is 2.80. The van der Waals surface area contributed by atoms with Gasteiger partial charge in [0.05, 0.1) is 11.6 Å². The third-order valence-corrected chi connectivity index (χ3v) is 2.56. The number of ether oxygens (including phenoxy) is 1.